The van der Waals surface area contributed by atoms with Crippen LogP contribution in [0.2, 0.25) is 0 Å². The SMILES string of the molecule is COc1cc(C(NN)c2nccn2C)ncn1. The minimum absolute atomic E-state index is 0.299. The molecular weight excluding hydrogens is 220 g/mol. The number of aromatic nitrogens is 4. The summed E-state index contributed by atoms with van der Waals surface area (Å²) in [6.07, 6.45) is 4.98. The van der Waals surface area contributed by atoms with E-state index in [0.29, 0.717) is 11.6 Å². The lowest BCUT2D eigenvalue weighted by molar-refractivity contribution is 0.394. The molecule has 0 aliphatic carbocycles. The second-order valence-corrected chi connectivity index (χ2v) is 3.48. The lowest BCUT2D eigenvalue weighted by Crippen LogP contribution is -2.31. The summed E-state index contributed by atoms with van der Waals surface area (Å²) in [5, 5.41) is 0. The van der Waals surface area contributed by atoms with E-state index < -0.39 is 0 Å². The molecule has 2 aromatic heterocycles. The van der Waals surface area contributed by atoms with Crippen LogP contribution in [-0.4, -0.2) is 26.6 Å². The van der Waals surface area contributed by atoms with Gasteiger partial charge in [0.05, 0.1) is 12.8 Å². The van der Waals surface area contributed by atoms with Gasteiger partial charge >= 0.3 is 0 Å². The van der Waals surface area contributed by atoms with Crippen molar-refractivity contribution in [2.75, 3.05) is 7.11 Å². The number of hydrazine groups is 1. The van der Waals surface area contributed by atoms with Crippen LogP contribution in [0.4, 0.5) is 0 Å². The van der Waals surface area contributed by atoms with Crippen LogP contribution in [-0.2, 0) is 7.05 Å². The van der Waals surface area contributed by atoms with E-state index in [0.717, 1.165) is 5.82 Å². The first-order valence-electron chi connectivity index (χ1n) is 5.05. The van der Waals surface area contributed by atoms with Gasteiger partial charge in [-0.2, -0.15) is 0 Å². The van der Waals surface area contributed by atoms with E-state index in [1.54, 1.807) is 19.4 Å². The lowest BCUT2D eigenvalue weighted by atomic mass is 10.2. The molecule has 17 heavy (non-hydrogen) atoms. The van der Waals surface area contributed by atoms with Gasteiger partial charge in [-0.15, -0.1) is 0 Å². The summed E-state index contributed by atoms with van der Waals surface area (Å²) in [4.78, 5) is 12.4. The molecule has 0 saturated heterocycles. The minimum atomic E-state index is -0.299. The van der Waals surface area contributed by atoms with Crippen LogP contribution >= 0.6 is 0 Å². The highest BCUT2D eigenvalue weighted by Gasteiger charge is 2.18. The molecule has 0 bridgehead atoms. The highest BCUT2D eigenvalue weighted by molar-refractivity contribution is 5.22. The predicted molar refractivity (Wildman–Crippen MR) is 61.0 cm³/mol. The van der Waals surface area contributed by atoms with Crippen LogP contribution in [0.3, 0.4) is 0 Å². The highest BCUT2D eigenvalue weighted by Crippen LogP contribution is 2.19. The van der Waals surface area contributed by atoms with E-state index in [1.807, 2.05) is 17.8 Å². The number of nitrogens with one attached hydrogen (secondary N) is 1. The maximum atomic E-state index is 5.55. The Morgan fingerprint density at radius 3 is 2.82 bits per heavy atom. The molecule has 0 amide bonds. The zero-order chi connectivity index (χ0) is 12.3. The van der Waals surface area contributed by atoms with Crippen molar-refractivity contribution in [2.24, 2.45) is 12.9 Å². The van der Waals surface area contributed by atoms with E-state index in [1.165, 1.54) is 6.33 Å². The largest absolute Gasteiger partial charge is 0.481 e. The molecule has 0 radical (unpaired) electrons. The van der Waals surface area contributed by atoms with Gasteiger partial charge in [0.2, 0.25) is 5.88 Å². The van der Waals surface area contributed by atoms with Gasteiger partial charge in [0.25, 0.3) is 0 Å². The van der Waals surface area contributed by atoms with Gasteiger partial charge in [-0.25, -0.2) is 20.4 Å². The number of ether oxygens (including phenoxy) is 1. The van der Waals surface area contributed by atoms with Gasteiger partial charge in [0.15, 0.2) is 0 Å². The fourth-order valence-electron chi connectivity index (χ4n) is 1.57. The van der Waals surface area contributed by atoms with Gasteiger partial charge in [-0.05, 0) is 0 Å². The molecule has 0 fully saturated rings. The second kappa shape index (κ2) is 4.89. The number of hydrogen-bond acceptors (Lipinski definition) is 6. The average Bonchev–Trinajstić information content (AvgIpc) is 2.77. The summed E-state index contributed by atoms with van der Waals surface area (Å²) in [7, 11) is 3.45. The Kier molecular flexibility index (Phi) is 3.31. The smallest absolute Gasteiger partial charge is 0.216 e. The maximum Gasteiger partial charge on any atom is 0.216 e. The molecule has 1 atom stereocenters. The molecule has 1 unspecified atom stereocenters. The first-order chi connectivity index (χ1) is 8.26. The van der Waals surface area contributed by atoms with Crippen molar-refractivity contribution in [3.63, 3.8) is 0 Å². The van der Waals surface area contributed by atoms with Crippen molar-refractivity contribution in [3.05, 3.63) is 36.3 Å². The number of nitrogens with zero attached hydrogens (tertiary/aromatic N) is 4. The Bertz CT molecular complexity index is 497. The molecule has 0 aliphatic rings. The molecule has 0 spiro atoms. The minimum Gasteiger partial charge on any atom is -0.481 e. The van der Waals surface area contributed by atoms with Crippen molar-refractivity contribution in [2.45, 2.75) is 6.04 Å². The van der Waals surface area contributed by atoms with E-state index in [2.05, 4.69) is 20.4 Å². The molecule has 7 nitrogen and oxygen atoms in total. The maximum absolute atomic E-state index is 5.55. The monoisotopic (exact) mass is 234 g/mol. The number of rotatable bonds is 4. The van der Waals surface area contributed by atoms with Gasteiger partial charge in [0, 0.05) is 25.5 Å². The second-order valence-electron chi connectivity index (χ2n) is 3.48. The highest BCUT2D eigenvalue weighted by atomic mass is 16.5. The van der Waals surface area contributed by atoms with Crippen LogP contribution in [0.5, 0.6) is 5.88 Å². The third-order valence-corrected chi connectivity index (χ3v) is 2.45. The quantitative estimate of drug-likeness (QED) is 0.561. The molecule has 0 saturated carbocycles. The lowest BCUT2D eigenvalue weighted by Gasteiger charge is -2.15. The van der Waals surface area contributed by atoms with Gasteiger partial charge in [-0.3, -0.25) is 5.84 Å². The molecule has 2 heterocycles. The molecule has 7 heteroatoms. The standard InChI is InChI=1S/C10H14N6O/c1-16-4-3-12-10(16)9(15-11)7-5-8(17-2)14-6-13-7/h3-6,9,15H,11H2,1-2H3. The number of aryl methyl sites for hydroxylation is 1. The Morgan fingerprint density at radius 1 is 1.41 bits per heavy atom. The van der Waals surface area contributed by atoms with Crippen molar-refractivity contribution < 1.29 is 4.74 Å². The van der Waals surface area contributed by atoms with E-state index in [9.17, 15) is 0 Å². The normalized spacial score (nSPS) is 12.4. The van der Waals surface area contributed by atoms with Crippen LogP contribution in [0.25, 0.3) is 0 Å². The molecule has 2 aromatic rings. The topological polar surface area (TPSA) is 90.9 Å². The van der Waals surface area contributed by atoms with Crippen LogP contribution in [0.15, 0.2) is 24.8 Å². The molecular formula is C10H14N6O. The molecule has 90 valence electrons. The third-order valence-electron chi connectivity index (χ3n) is 2.45. The summed E-state index contributed by atoms with van der Waals surface area (Å²) in [5.41, 5.74) is 3.39. The van der Waals surface area contributed by atoms with Gasteiger partial charge in [0.1, 0.15) is 18.2 Å². The molecule has 3 N–H and O–H groups in total. The number of nitrogens with two attached hydrogens (primary N) is 1. The zero-order valence-corrected chi connectivity index (χ0v) is 9.66. The number of hydrogen-bond donors (Lipinski definition) is 2. The third kappa shape index (κ3) is 2.24. The predicted octanol–water partition coefficient (Wildman–Crippen LogP) is -0.229. The van der Waals surface area contributed by atoms with E-state index in [-0.39, 0.29) is 6.04 Å². The molecule has 2 rings (SSSR count). The Morgan fingerprint density at radius 2 is 2.24 bits per heavy atom. The zero-order valence-electron chi connectivity index (χ0n) is 9.66. The van der Waals surface area contributed by atoms with E-state index >= 15 is 0 Å². The van der Waals surface area contributed by atoms with E-state index in [4.69, 9.17) is 10.6 Å². The van der Waals surface area contributed by atoms with Crippen LogP contribution in [0, 0.1) is 0 Å². The van der Waals surface area contributed by atoms with Crippen molar-refractivity contribution in [1.82, 2.24) is 24.9 Å². The summed E-state index contributed by atoms with van der Waals surface area (Å²) in [6, 6.07) is 1.42. The summed E-state index contributed by atoms with van der Waals surface area (Å²) in [6.45, 7) is 0. The van der Waals surface area contributed by atoms with Crippen molar-refractivity contribution in [1.29, 1.82) is 0 Å². The molecule has 0 aliphatic heterocycles. The fourth-order valence-corrected chi connectivity index (χ4v) is 1.57. The van der Waals surface area contributed by atoms with Crippen molar-refractivity contribution in [3.8, 4) is 5.88 Å². The van der Waals surface area contributed by atoms with Crippen LogP contribution < -0.4 is 16.0 Å². The van der Waals surface area contributed by atoms with Gasteiger partial charge in [-0.1, -0.05) is 0 Å². The average molecular weight is 234 g/mol. The van der Waals surface area contributed by atoms with Crippen LogP contribution in [0.1, 0.15) is 17.6 Å². The molecule has 0 aromatic carbocycles. The summed E-state index contributed by atoms with van der Waals surface area (Å²) in [5.74, 6) is 6.81. The summed E-state index contributed by atoms with van der Waals surface area (Å²) < 4.78 is 6.92. The number of methoxy groups -OCH3 is 1. The Labute approximate surface area is 98.6 Å². The first-order valence-corrected chi connectivity index (χ1v) is 5.05. The fraction of sp³-hybridized carbons (Fsp3) is 0.300. The summed E-state index contributed by atoms with van der Waals surface area (Å²) >= 11 is 0. The van der Waals surface area contributed by atoms with Crippen molar-refractivity contribution >= 4 is 0 Å². The van der Waals surface area contributed by atoms with Gasteiger partial charge < -0.3 is 9.30 Å². The number of imidazole rings is 1. The first kappa shape index (κ1) is 11.5. The Hall–Kier alpha value is -1.99. The Balaban J connectivity index is 2.38.